The smallest absolute Gasteiger partial charge is 0.294 e. The highest BCUT2D eigenvalue weighted by Gasteiger charge is 2.36. The zero-order valence-corrected chi connectivity index (χ0v) is 20.8. The summed E-state index contributed by atoms with van der Waals surface area (Å²) in [5, 5.41) is 13.2. The summed E-state index contributed by atoms with van der Waals surface area (Å²) in [6, 6.07) is 16.5. The first kappa shape index (κ1) is 25.2. The Balaban J connectivity index is 1.21. The molecule has 1 N–H and O–H groups in total. The van der Waals surface area contributed by atoms with Gasteiger partial charge in [-0.15, -0.1) is 0 Å². The number of non-ortho nitro benzene ring substituents is 1. The van der Waals surface area contributed by atoms with Crippen LogP contribution in [0.3, 0.4) is 0 Å². The molecule has 11 nitrogen and oxygen atoms in total. The minimum absolute atomic E-state index is 0.0760. The van der Waals surface area contributed by atoms with Crippen LogP contribution in [0.5, 0.6) is 0 Å². The lowest BCUT2D eigenvalue weighted by Gasteiger charge is -2.28. The Bertz CT molecular complexity index is 1430. The second-order valence-corrected chi connectivity index (χ2v) is 9.46. The summed E-state index contributed by atoms with van der Waals surface area (Å²) in [5.41, 5.74) is 2.00. The highest BCUT2D eigenvalue weighted by Crippen LogP contribution is 2.33. The molecule has 2 aromatic carbocycles. The van der Waals surface area contributed by atoms with Gasteiger partial charge < -0.3 is 19.4 Å². The van der Waals surface area contributed by atoms with Crippen molar-refractivity contribution >= 4 is 52.0 Å². The molecule has 194 valence electrons. The number of carbonyl (C=O) groups excluding carboxylic acids is 3. The van der Waals surface area contributed by atoms with E-state index < -0.39 is 28.5 Å². The molecule has 0 radical (unpaired) electrons. The molecular formula is C26H22N4O7S. The average Bonchev–Trinajstić information content (AvgIpc) is 3.50. The van der Waals surface area contributed by atoms with Crippen LogP contribution >= 0.6 is 11.8 Å². The number of ether oxygens (including phenoxy) is 1. The van der Waals surface area contributed by atoms with Crippen molar-refractivity contribution in [3.8, 4) is 11.3 Å². The molecule has 2 aliphatic rings. The van der Waals surface area contributed by atoms with Crippen molar-refractivity contribution in [3.63, 3.8) is 0 Å². The molecule has 0 saturated carbocycles. The lowest BCUT2D eigenvalue weighted by Crippen LogP contribution is -2.36. The third kappa shape index (κ3) is 5.61. The Morgan fingerprint density at radius 3 is 2.58 bits per heavy atom. The number of nitrogens with zero attached hydrogens (tertiary/aromatic N) is 3. The summed E-state index contributed by atoms with van der Waals surface area (Å²) in [6.45, 7) is 2.51. The largest absolute Gasteiger partial charge is 0.457 e. The zero-order valence-electron chi connectivity index (χ0n) is 20.0. The molecule has 0 unspecified atom stereocenters. The van der Waals surface area contributed by atoms with E-state index in [4.69, 9.17) is 9.15 Å². The highest BCUT2D eigenvalue weighted by molar-refractivity contribution is 8.18. The Kier molecular flexibility index (Phi) is 7.24. The van der Waals surface area contributed by atoms with Gasteiger partial charge in [-0.2, -0.15) is 0 Å². The first-order valence-electron chi connectivity index (χ1n) is 11.7. The van der Waals surface area contributed by atoms with E-state index in [9.17, 15) is 24.5 Å². The average molecular weight is 535 g/mol. The molecule has 38 heavy (non-hydrogen) atoms. The van der Waals surface area contributed by atoms with Crippen LogP contribution in [0, 0.1) is 10.1 Å². The number of nitro benzene ring substituents is 1. The number of benzene rings is 2. The minimum Gasteiger partial charge on any atom is -0.457 e. The molecule has 0 spiro atoms. The summed E-state index contributed by atoms with van der Waals surface area (Å²) in [7, 11) is 0. The van der Waals surface area contributed by atoms with Crippen molar-refractivity contribution < 1.29 is 28.5 Å². The van der Waals surface area contributed by atoms with Gasteiger partial charge in [0.25, 0.3) is 16.8 Å². The van der Waals surface area contributed by atoms with Crippen molar-refractivity contribution in [3.05, 3.63) is 81.4 Å². The predicted molar refractivity (Wildman–Crippen MR) is 142 cm³/mol. The predicted octanol–water partition coefficient (Wildman–Crippen LogP) is 4.37. The number of anilines is 2. The zero-order chi connectivity index (χ0) is 26.6. The molecule has 2 aliphatic heterocycles. The van der Waals surface area contributed by atoms with Crippen molar-refractivity contribution in [2.24, 2.45) is 0 Å². The Morgan fingerprint density at radius 2 is 1.84 bits per heavy atom. The van der Waals surface area contributed by atoms with Gasteiger partial charge in [-0.1, -0.05) is 12.1 Å². The van der Waals surface area contributed by atoms with Gasteiger partial charge in [0.05, 0.1) is 23.0 Å². The number of imide groups is 1. The minimum atomic E-state index is -0.605. The van der Waals surface area contributed by atoms with Crippen LogP contribution in [-0.4, -0.2) is 59.7 Å². The van der Waals surface area contributed by atoms with Gasteiger partial charge in [-0.05, 0) is 48.2 Å². The van der Waals surface area contributed by atoms with Crippen molar-refractivity contribution in [1.29, 1.82) is 0 Å². The lowest BCUT2D eigenvalue weighted by atomic mass is 10.1. The fourth-order valence-electron chi connectivity index (χ4n) is 4.05. The first-order valence-corrected chi connectivity index (χ1v) is 12.5. The SMILES string of the molecule is O=C(CN1C(=O)S/C(=C/c2ccc(-c3cccc([N+](=O)[O-])c3)o2)C1=O)Nc1ccc(N2CCOCC2)cc1. The van der Waals surface area contributed by atoms with Gasteiger partial charge in [0, 0.05) is 48.2 Å². The lowest BCUT2D eigenvalue weighted by molar-refractivity contribution is -0.384. The molecule has 1 aromatic heterocycles. The van der Waals surface area contributed by atoms with Gasteiger partial charge >= 0.3 is 0 Å². The number of hydrogen-bond acceptors (Lipinski definition) is 9. The van der Waals surface area contributed by atoms with Gasteiger partial charge in [-0.3, -0.25) is 29.4 Å². The molecule has 12 heteroatoms. The normalized spacial score (nSPS) is 16.8. The van der Waals surface area contributed by atoms with E-state index >= 15 is 0 Å². The third-order valence-corrected chi connectivity index (χ3v) is 6.85. The standard InChI is InChI=1S/C26H22N4O7S/c31-24(27-18-4-6-19(7-5-18)28-10-12-36-13-11-28)16-29-25(32)23(38-26(29)33)15-21-8-9-22(37-21)17-2-1-3-20(14-17)30(34)35/h1-9,14-15H,10-13,16H2,(H,27,31)/b23-15+. The summed E-state index contributed by atoms with van der Waals surface area (Å²) >= 11 is 0.708. The summed E-state index contributed by atoms with van der Waals surface area (Å²) in [5.74, 6) is -0.440. The molecule has 3 heterocycles. The van der Waals surface area contributed by atoms with E-state index in [2.05, 4.69) is 10.2 Å². The van der Waals surface area contributed by atoms with Crippen LogP contribution < -0.4 is 10.2 Å². The van der Waals surface area contributed by atoms with Gasteiger partial charge in [0.15, 0.2) is 0 Å². The van der Waals surface area contributed by atoms with E-state index in [-0.39, 0.29) is 10.6 Å². The molecule has 5 rings (SSSR count). The van der Waals surface area contributed by atoms with Crippen LogP contribution in [0.1, 0.15) is 5.76 Å². The van der Waals surface area contributed by atoms with Crippen LogP contribution in [0.2, 0.25) is 0 Å². The van der Waals surface area contributed by atoms with Crippen LogP contribution in [0.4, 0.5) is 21.9 Å². The maximum absolute atomic E-state index is 12.8. The monoisotopic (exact) mass is 534 g/mol. The molecule has 0 atom stereocenters. The molecule has 0 aliphatic carbocycles. The number of furan rings is 1. The van der Waals surface area contributed by atoms with Crippen LogP contribution in [-0.2, 0) is 14.3 Å². The molecule has 0 bridgehead atoms. The first-order chi connectivity index (χ1) is 18.4. The van der Waals surface area contributed by atoms with Crippen LogP contribution in [0.15, 0.2) is 70.0 Å². The molecule has 2 fully saturated rings. The van der Waals surface area contributed by atoms with Gasteiger partial charge in [0.1, 0.15) is 18.1 Å². The molecule has 3 amide bonds. The molecular weight excluding hydrogens is 512 g/mol. The summed E-state index contributed by atoms with van der Waals surface area (Å²) in [4.78, 5) is 51.5. The number of carbonyl (C=O) groups is 3. The van der Waals surface area contributed by atoms with E-state index in [0.29, 0.717) is 47.7 Å². The van der Waals surface area contributed by atoms with Crippen molar-refractivity contribution in [2.45, 2.75) is 0 Å². The fraction of sp³-hybridized carbons (Fsp3) is 0.192. The van der Waals surface area contributed by atoms with Crippen molar-refractivity contribution in [2.75, 3.05) is 43.1 Å². The number of thioether (sulfide) groups is 1. The van der Waals surface area contributed by atoms with Crippen LogP contribution in [0.25, 0.3) is 17.4 Å². The number of hydrogen-bond donors (Lipinski definition) is 1. The number of nitro groups is 1. The second kappa shape index (κ2) is 10.9. The fourth-order valence-corrected chi connectivity index (χ4v) is 4.86. The maximum atomic E-state index is 12.8. The van der Waals surface area contributed by atoms with E-state index in [1.165, 1.54) is 18.2 Å². The number of nitrogens with one attached hydrogen (secondary N) is 1. The maximum Gasteiger partial charge on any atom is 0.294 e. The van der Waals surface area contributed by atoms with E-state index in [1.54, 1.807) is 36.4 Å². The van der Waals surface area contributed by atoms with E-state index in [1.807, 2.05) is 12.1 Å². The van der Waals surface area contributed by atoms with Gasteiger partial charge in [0.2, 0.25) is 5.91 Å². The number of rotatable bonds is 7. The van der Waals surface area contributed by atoms with E-state index in [0.717, 1.165) is 23.7 Å². The summed E-state index contributed by atoms with van der Waals surface area (Å²) in [6.07, 6.45) is 1.41. The molecule has 2 saturated heterocycles. The third-order valence-electron chi connectivity index (χ3n) is 5.94. The molecule has 3 aromatic rings. The second-order valence-electron chi connectivity index (χ2n) is 8.47. The number of amides is 3. The highest BCUT2D eigenvalue weighted by atomic mass is 32.2. The Hall–Kier alpha value is -4.42. The quantitative estimate of drug-likeness (QED) is 0.266. The summed E-state index contributed by atoms with van der Waals surface area (Å²) < 4.78 is 11.1. The Labute approximate surface area is 221 Å². The number of morpholine rings is 1. The van der Waals surface area contributed by atoms with Crippen molar-refractivity contribution in [1.82, 2.24) is 4.90 Å². The topological polar surface area (TPSA) is 135 Å². The van der Waals surface area contributed by atoms with Gasteiger partial charge in [-0.25, -0.2) is 0 Å². The Morgan fingerprint density at radius 1 is 1.08 bits per heavy atom.